The van der Waals surface area contributed by atoms with Crippen molar-refractivity contribution in [3.63, 3.8) is 0 Å². The minimum absolute atomic E-state index is 0.479. The zero-order chi connectivity index (χ0) is 17.9. The zero-order valence-corrected chi connectivity index (χ0v) is 14.5. The normalized spacial score (nSPS) is 10.7. The van der Waals surface area contributed by atoms with Crippen molar-refractivity contribution in [2.45, 2.75) is 6.92 Å². The van der Waals surface area contributed by atoms with E-state index in [2.05, 4.69) is 51.6 Å². The molecule has 0 N–H and O–H groups in total. The predicted octanol–water partition coefficient (Wildman–Crippen LogP) is 3.71. The van der Waals surface area contributed by atoms with Crippen molar-refractivity contribution in [3.8, 4) is 34.1 Å². The number of benzene rings is 2. The number of hydrogen-bond donors (Lipinski definition) is 0. The van der Waals surface area contributed by atoms with Gasteiger partial charge in [0.25, 0.3) is 0 Å². The molecule has 0 saturated heterocycles. The van der Waals surface area contributed by atoms with Gasteiger partial charge in [-0.1, -0.05) is 35.9 Å². The average molecular weight is 343 g/mol. The van der Waals surface area contributed by atoms with Gasteiger partial charge in [-0.2, -0.15) is 0 Å². The second-order valence-electron chi connectivity index (χ2n) is 5.87. The molecule has 0 atom stereocenters. The molecule has 0 aliphatic rings. The lowest BCUT2D eigenvalue weighted by molar-refractivity contribution is 0.416. The third-order valence-electron chi connectivity index (χ3n) is 4.09. The number of methoxy groups -OCH3 is 1. The molecule has 0 spiro atoms. The minimum atomic E-state index is 0.479. The highest BCUT2D eigenvalue weighted by Crippen LogP contribution is 2.31. The molecule has 0 radical (unpaired) electrons. The van der Waals surface area contributed by atoms with E-state index >= 15 is 0 Å². The third kappa shape index (κ3) is 3.04. The van der Waals surface area contributed by atoms with Gasteiger partial charge in [0, 0.05) is 17.8 Å². The second kappa shape index (κ2) is 6.76. The van der Waals surface area contributed by atoms with Crippen molar-refractivity contribution >= 4 is 0 Å². The summed E-state index contributed by atoms with van der Waals surface area (Å²) >= 11 is 0. The lowest BCUT2D eigenvalue weighted by Crippen LogP contribution is -2.00. The van der Waals surface area contributed by atoms with Gasteiger partial charge in [0.15, 0.2) is 0 Å². The summed E-state index contributed by atoms with van der Waals surface area (Å²) < 4.78 is 5.58. The van der Waals surface area contributed by atoms with Crippen LogP contribution in [-0.2, 0) is 0 Å². The summed E-state index contributed by atoms with van der Waals surface area (Å²) in [7, 11) is 1.66. The maximum Gasteiger partial charge on any atom is 0.223 e. The molecule has 0 aliphatic heterocycles. The molecule has 4 rings (SSSR count). The number of rotatable bonds is 4. The maximum absolute atomic E-state index is 5.58. The first-order valence-electron chi connectivity index (χ1n) is 8.21. The van der Waals surface area contributed by atoms with Crippen LogP contribution in [0.15, 0.2) is 66.9 Å². The molecule has 2 heterocycles. The average Bonchev–Trinajstić information content (AvgIpc) is 3.19. The van der Waals surface area contributed by atoms with Gasteiger partial charge in [0.2, 0.25) is 5.82 Å². The van der Waals surface area contributed by atoms with E-state index in [4.69, 9.17) is 4.74 Å². The van der Waals surface area contributed by atoms with Gasteiger partial charge < -0.3 is 4.74 Å². The van der Waals surface area contributed by atoms with Crippen molar-refractivity contribution in [1.29, 1.82) is 0 Å². The summed E-state index contributed by atoms with van der Waals surface area (Å²) in [6.07, 6.45) is 1.70. The molecule has 0 aliphatic carbocycles. The maximum atomic E-state index is 5.58. The summed E-state index contributed by atoms with van der Waals surface area (Å²) in [6, 6.07) is 19.8. The van der Waals surface area contributed by atoms with Crippen LogP contribution in [0.3, 0.4) is 0 Å². The van der Waals surface area contributed by atoms with Gasteiger partial charge in [0.05, 0.1) is 12.8 Å². The molecule has 0 fully saturated rings. The Morgan fingerprint density at radius 3 is 2.54 bits per heavy atom. The Kier molecular flexibility index (Phi) is 4.15. The molecular weight excluding hydrogens is 326 g/mol. The monoisotopic (exact) mass is 343 g/mol. The lowest BCUT2D eigenvalue weighted by atomic mass is 10.0. The van der Waals surface area contributed by atoms with Crippen LogP contribution in [0.25, 0.3) is 28.3 Å². The van der Waals surface area contributed by atoms with Gasteiger partial charge in [0.1, 0.15) is 11.4 Å². The standard InChI is InChI=1S/C20H17N5O/c1-14-6-8-15(9-7-14)17-11-10-16(13-19(17)26-2)25-23-20(22-24-25)18-5-3-4-12-21-18/h3-13H,1-2H3. The van der Waals surface area contributed by atoms with Crippen molar-refractivity contribution in [2.24, 2.45) is 0 Å². The van der Waals surface area contributed by atoms with Crippen molar-refractivity contribution < 1.29 is 4.74 Å². The van der Waals surface area contributed by atoms with Crippen LogP contribution in [0, 0.1) is 6.92 Å². The Balaban J connectivity index is 1.70. The van der Waals surface area contributed by atoms with E-state index in [1.165, 1.54) is 10.4 Å². The molecule has 6 heteroatoms. The molecule has 0 bridgehead atoms. The Bertz CT molecular complexity index is 1030. The Morgan fingerprint density at radius 1 is 0.962 bits per heavy atom. The van der Waals surface area contributed by atoms with Crippen molar-refractivity contribution in [1.82, 2.24) is 25.2 Å². The van der Waals surface area contributed by atoms with E-state index in [1.807, 2.05) is 36.4 Å². The lowest BCUT2D eigenvalue weighted by Gasteiger charge is -2.10. The van der Waals surface area contributed by atoms with Gasteiger partial charge in [-0.15, -0.1) is 15.0 Å². The first-order valence-corrected chi connectivity index (χ1v) is 8.21. The van der Waals surface area contributed by atoms with Gasteiger partial charge in [-0.25, -0.2) is 0 Å². The highest BCUT2D eigenvalue weighted by atomic mass is 16.5. The number of hydrogen-bond acceptors (Lipinski definition) is 5. The molecule has 0 unspecified atom stereocenters. The molecule has 2 aromatic carbocycles. The van der Waals surface area contributed by atoms with E-state index in [0.29, 0.717) is 11.5 Å². The molecular formula is C20H17N5O. The number of nitrogens with zero attached hydrogens (tertiary/aromatic N) is 5. The van der Waals surface area contributed by atoms with Crippen molar-refractivity contribution in [2.75, 3.05) is 7.11 Å². The van der Waals surface area contributed by atoms with E-state index < -0.39 is 0 Å². The fourth-order valence-corrected chi connectivity index (χ4v) is 2.70. The fourth-order valence-electron chi connectivity index (χ4n) is 2.70. The first-order chi connectivity index (χ1) is 12.7. The molecule has 128 valence electrons. The highest BCUT2D eigenvalue weighted by Gasteiger charge is 2.12. The van der Waals surface area contributed by atoms with E-state index in [9.17, 15) is 0 Å². The summed E-state index contributed by atoms with van der Waals surface area (Å²) in [5, 5.41) is 12.6. The van der Waals surface area contributed by atoms with Crippen LogP contribution in [0.5, 0.6) is 5.75 Å². The van der Waals surface area contributed by atoms with Crippen LogP contribution >= 0.6 is 0 Å². The van der Waals surface area contributed by atoms with E-state index in [0.717, 1.165) is 22.6 Å². The summed E-state index contributed by atoms with van der Waals surface area (Å²) in [5.41, 5.74) is 4.79. The second-order valence-corrected chi connectivity index (χ2v) is 5.87. The largest absolute Gasteiger partial charge is 0.496 e. The van der Waals surface area contributed by atoms with Crippen molar-refractivity contribution in [3.05, 3.63) is 72.4 Å². The highest BCUT2D eigenvalue weighted by molar-refractivity contribution is 5.72. The smallest absolute Gasteiger partial charge is 0.223 e. The Morgan fingerprint density at radius 2 is 1.81 bits per heavy atom. The zero-order valence-electron chi connectivity index (χ0n) is 14.5. The minimum Gasteiger partial charge on any atom is -0.496 e. The molecule has 6 nitrogen and oxygen atoms in total. The summed E-state index contributed by atoms with van der Waals surface area (Å²) in [6.45, 7) is 2.07. The first kappa shape index (κ1) is 16.0. The molecule has 2 aromatic heterocycles. The number of ether oxygens (including phenoxy) is 1. The Hall–Kier alpha value is -3.54. The van der Waals surface area contributed by atoms with Gasteiger partial charge >= 0.3 is 0 Å². The third-order valence-corrected chi connectivity index (χ3v) is 4.09. The summed E-state index contributed by atoms with van der Waals surface area (Å²) in [4.78, 5) is 5.73. The molecule has 4 aromatic rings. The van der Waals surface area contributed by atoms with Crippen LogP contribution in [0.4, 0.5) is 0 Å². The molecule has 0 amide bonds. The quantitative estimate of drug-likeness (QED) is 0.565. The van der Waals surface area contributed by atoms with Gasteiger partial charge in [-0.3, -0.25) is 4.98 Å². The number of pyridine rings is 1. The topological polar surface area (TPSA) is 65.7 Å². The predicted molar refractivity (Wildman–Crippen MR) is 99.1 cm³/mol. The fraction of sp³-hybridized carbons (Fsp3) is 0.100. The molecule has 0 saturated carbocycles. The van der Waals surface area contributed by atoms with Gasteiger partial charge in [-0.05, 0) is 42.0 Å². The number of tetrazole rings is 1. The van der Waals surface area contributed by atoms with E-state index in [-0.39, 0.29) is 0 Å². The Labute approximate surface area is 151 Å². The molecule has 26 heavy (non-hydrogen) atoms. The SMILES string of the molecule is COc1cc(-n2nnc(-c3ccccn3)n2)ccc1-c1ccc(C)cc1. The number of aryl methyl sites for hydroxylation is 1. The van der Waals surface area contributed by atoms with Crippen LogP contribution in [-0.4, -0.2) is 32.3 Å². The van der Waals surface area contributed by atoms with Crippen LogP contribution in [0.2, 0.25) is 0 Å². The number of aromatic nitrogens is 5. The van der Waals surface area contributed by atoms with E-state index in [1.54, 1.807) is 13.3 Å². The summed E-state index contributed by atoms with van der Waals surface area (Å²) in [5.74, 6) is 1.23. The van der Waals surface area contributed by atoms with Crippen LogP contribution < -0.4 is 4.74 Å². The van der Waals surface area contributed by atoms with Crippen LogP contribution in [0.1, 0.15) is 5.56 Å².